The highest BCUT2D eigenvalue weighted by molar-refractivity contribution is 5.82. The van der Waals surface area contributed by atoms with E-state index in [0.717, 1.165) is 37.0 Å². The van der Waals surface area contributed by atoms with Gasteiger partial charge in [-0.25, -0.2) is 0 Å². The molecule has 0 unspecified atom stereocenters. The molecule has 0 atom stereocenters. The van der Waals surface area contributed by atoms with Crippen molar-refractivity contribution in [1.82, 2.24) is 14.8 Å². The van der Waals surface area contributed by atoms with Gasteiger partial charge in [-0.3, -0.25) is 4.79 Å². The van der Waals surface area contributed by atoms with E-state index in [9.17, 15) is 4.79 Å². The fraction of sp³-hybridized carbons (Fsp3) is 0.526. The lowest BCUT2D eigenvalue weighted by molar-refractivity contribution is 0.0881. The Labute approximate surface area is 154 Å². The lowest BCUT2D eigenvalue weighted by atomic mass is 10.1. The third kappa shape index (κ3) is 5.56. The Hall–Kier alpha value is -2.41. The number of methoxy groups -OCH3 is 2. The zero-order valence-electron chi connectivity index (χ0n) is 15.7. The summed E-state index contributed by atoms with van der Waals surface area (Å²) < 4.78 is 17.0. The molecule has 142 valence electrons. The number of carbonyl (C=O) groups excluding carboxylic acids is 1. The highest BCUT2D eigenvalue weighted by Crippen LogP contribution is 2.23. The van der Waals surface area contributed by atoms with Crippen LogP contribution in [0.2, 0.25) is 0 Å². The normalized spacial score (nSPS) is 10.7. The zero-order valence-corrected chi connectivity index (χ0v) is 15.7. The standard InChI is InChI=1S/C19H27N3O4/c1-4-5-6-7-8-17(23)22-18(15-9-11-16(25-3)12-10-15)20-19(21-22)26-14-13-24-2/h9-12H,4-8,13-14H2,1-3H3. The van der Waals surface area contributed by atoms with E-state index in [4.69, 9.17) is 14.2 Å². The minimum absolute atomic E-state index is 0.0824. The van der Waals surface area contributed by atoms with Gasteiger partial charge in [-0.2, -0.15) is 9.67 Å². The van der Waals surface area contributed by atoms with Crippen molar-refractivity contribution in [2.75, 3.05) is 27.4 Å². The van der Waals surface area contributed by atoms with E-state index in [1.165, 1.54) is 4.68 Å². The number of rotatable bonds is 11. The summed E-state index contributed by atoms with van der Waals surface area (Å²) in [5.74, 6) is 1.13. The van der Waals surface area contributed by atoms with Crippen LogP contribution < -0.4 is 9.47 Å². The van der Waals surface area contributed by atoms with E-state index in [2.05, 4.69) is 17.0 Å². The first kappa shape index (κ1) is 19.9. The van der Waals surface area contributed by atoms with Crippen molar-refractivity contribution in [2.45, 2.75) is 39.0 Å². The van der Waals surface area contributed by atoms with Crippen LogP contribution in [0.15, 0.2) is 24.3 Å². The quantitative estimate of drug-likeness (QED) is 0.569. The minimum atomic E-state index is -0.0824. The number of benzene rings is 1. The van der Waals surface area contributed by atoms with Gasteiger partial charge >= 0.3 is 6.01 Å². The molecule has 0 spiro atoms. The number of hydrogen-bond acceptors (Lipinski definition) is 6. The molecule has 0 saturated carbocycles. The Morgan fingerprint density at radius 2 is 1.85 bits per heavy atom. The summed E-state index contributed by atoms with van der Waals surface area (Å²) in [6.45, 7) is 2.90. The molecule has 1 heterocycles. The lowest BCUT2D eigenvalue weighted by Gasteiger charge is -2.05. The topological polar surface area (TPSA) is 75.5 Å². The molecule has 0 N–H and O–H groups in total. The van der Waals surface area contributed by atoms with Crippen LogP contribution in [0.3, 0.4) is 0 Å². The summed E-state index contributed by atoms with van der Waals surface area (Å²) in [5, 5.41) is 4.25. The van der Waals surface area contributed by atoms with Gasteiger partial charge in [-0.05, 0) is 30.7 Å². The Morgan fingerprint density at radius 3 is 2.50 bits per heavy atom. The molecular formula is C19H27N3O4. The highest BCUT2D eigenvalue weighted by Gasteiger charge is 2.18. The molecular weight excluding hydrogens is 334 g/mol. The molecule has 0 aliphatic heterocycles. The molecule has 7 heteroatoms. The van der Waals surface area contributed by atoms with Gasteiger partial charge in [0.1, 0.15) is 12.4 Å². The Kier molecular flexibility index (Phi) is 8.08. The third-order valence-electron chi connectivity index (χ3n) is 3.93. The smallest absolute Gasteiger partial charge is 0.336 e. The summed E-state index contributed by atoms with van der Waals surface area (Å²) in [4.78, 5) is 17.0. The summed E-state index contributed by atoms with van der Waals surface area (Å²) in [7, 11) is 3.21. The van der Waals surface area contributed by atoms with Crippen molar-refractivity contribution in [3.8, 4) is 23.1 Å². The number of unbranched alkanes of at least 4 members (excludes halogenated alkanes) is 3. The summed E-state index contributed by atoms with van der Waals surface area (Å²) in [6, 6.07) is 7.53. The fourth-order valence-electron chi connectivity index (χ4n) is 2.48. The van der Waals surface area contributed by atoms with E-state index in [1.807, 2.05) is 24.3 Å². The first-order valence-corrected chi connectivity index (χ1v) is 8.96. The first-order chi connectivity index (χ1) is 12.7. The predicted molar refractivity (Wildman–Crippen MR) is 98.8 cm³/mol. The molecule has 0 fully saturated rings. The van der Waals surface area contributed by atoms with Crippen LogP contribution in [0.1, 0.15) is 43.8 Å². The van der Waals surface area contributed by atoms with E-state index in [1.54, 1.807) is 14.2 Å². The fourth-order valence-corrected chi connectivity index (χ4v) is 2.48. The van der Waals surface area contributed by atoms with Crippen molar-refractivity contribution in [2.24, 2.45) is 0 Å². The maximum Gasteiger partial charge on any atom is 0.336 e. The average Bonchev–Trinajstić information content (AvgIpc) is 3.10. The predicted octanol–water partition coefficient (Wildman–Crippen LogP) is 3.59. The lowest BCUT2D eigenvalue weighted by Crippen LogP contribution is -2.14. The molecule has 0 saturated heterocycles. The van der Waals surface area contributed by atoms with Crippen molar-refractivity contribution in [3.05, 3.63) is 24.3 Å². The molecule has 0 amide bonds. The third-order valence-corrected chi connectivity index (χ3v) is 3.93. The molecule has 1 aromatic carbocycles. The number of nitrogens with zero attached hydrogens (tertiary/aromatic N) is 3. The summed E-state index contributed by atoms with van der Waals surface area (Å²) in [5.41, 5.74) is 0.779. The Bertz CT molecular complexity index is 683. The molecule has 0 aliphatic carbocycles. The number of aromatic nitrogens is 3. The van der Waals surface area contributed by atoms with Crippen LogP contribution in [0.25, 0.3) is 11.4 Å². The molecule has 26 heavy (non-hydrogen) atoms. The van der Waals surface area contributed by atoms with Crippen LogP contribution >= 0.6 is 0 Å². The average molecular weight is 361 g/mol. The molecule has 0 radical (unpaired) electrons. The molecule has 0 bridgehead atoms. The van der Waals surface area contributed by atoms with Crippen LogP contribution in [0.4, 0.5) is 0 Å². The van der Waals surface area contributed by atoms with Crippen LogP contribution in [0.5, 0.6) is 11.8 Å². The molecule has 2 aromatic rings. The maximum atomic E-state index is 12.6. The second kappa shape index (κ2) is 10.6. The highest BCUT2D eigenvalue weighted by atomic mass is 16.5. The van der Waals surface area contributed by atoms with E-state index in [-0.39, 0.29) is 11.9 Å². The van der Waals surface area contributed by atoms with Gasteiger partial charge in [-0.15, -0.1) is 5.10 Å². The van der Waals surface area contributed by atoms with E-state index < -0.39 is 0 Å². The number of carbonyl (C=O) groups is 1. The molecule has 2 rings (SSSR count). The molecule has 7 nitrogen and oxygen atoms in total. The summed E-state index contributed by atoms with van der Waals surface area (Å²) in [6.07, 6.45) is 4.57. The van der Waals surface area contributed by atoms with Crippen LogP contribution in [-0.2, 0) is 4.74 Å². The van der Waals surface area contributed by atoms with Crippen molar-refractivity contribution < 1.29 is 19.0 Å². The minimum Gasteiger partial charge on any atom is -0.497 e. The Balaban J connectivity index is 2.20. The number of hydrogen-bond donors (Lipinski definition) is 0. The monoisotopic (exact) mass is 361 g/mol. The second-order valence-corrected chi connectivity index (χ2v) is 5.90. The second-order valence-electron chi connectivity index (χ2n) is 5.90. The Morgan fingerprint density at radius 1 is 1.08 bits per heavy atom. The van der Waals surface area contributed by atoms with Gasteiger partial charge < -0.3 is 14.2 Å². The van der Waals surface area contributed by atoms with Crippen molar-refractivity contribution >= 4 is 5.91 Å². The summed E-state index contributed by atoms with van der Waals surface area (Å²) >= 11 is 0. The number of ether oxygens (including phenoxy) is 3. The van der Waals surface area contributed by atoms with Gasteiger partial charge in [0, 0.05) is 19.1 Å². The zero-order chi connectivity index (χ0) is 18.8. The SMILES string of the molecule is CCCCCCC(=O)n1nc(OCCOC)nc1-c1ccc(OC)cc1. The van der Waals surface area contributed by atoms with Crippen LogP contribution in [-0.4, -0.2) is 48.1 Å². The van der Waals surface area contributed by atoms with Crippen molar-refractivity contribution in [3.63, 3.8) is 0 Å². The van der Waals surface area contributed by atoms with E-state index >= 15 is 0 Å². The van der Waals surface area contributed by atoms with Gasteiger partial charge in [-0.1, -0.05) is 26.2 Å². The van der Waals surface area contributed by atoms with Crippen molar-refractivity contribution in [1.29, 1.82) is 0 Å². The van der Waals surface area contributed by atoms with Gasteiger partial charge in [0.2, 0.25) is 5.91 Å². The van der Waals surface area contributed by atoms with Gasteiger partial charge in [0.05, 0.1) is 13.7 Å². The maximum absolute atomic E-state index is 12.6. The molecule has 1 aromatic heterocycles. The largest absolute Gasteiger partial charge is 0.497 e. The first-order valence-electron chi connectivity index (χ1n) is 8.96. The van der Waals surface area contributed by atoms with E-state index in [0.29, 0.717) is 25.5 Å². The van der Waals surface area contributed by atoms with Crippen LogP contribution in [0, 0.1) is 0 Å². The van der Waals surface area contributed by atoms with Gasteiger partial charge in [0.25, 0.3) is 0 Å². The molecule has 0 aliphatic rings. The van der Waals surface area contributed by atoms with Gasteiger partial charge in [0.15, 0.2) is 5.82 Å².